The van der Waals surface area contributed by atoms with E-state index in [0.717, 1.165) is 12.0 Å². The summed E-state index contributed by atoms with van der Waals surface area (Å²) in [6.07, 6.45) is -1.26. The number of hydrogen-bond acceptors (Lipinski definition) is 3. The molecule has 1 heterocycles. The average molecular weight is 390 g/mol. The third-order valence-electron chi connectivity index (χ3n) is 4.41. The first-order valence-corrected chi connectivity index (χ1v) is 8.88. The van der Waals surface area contributed by atoms with Crippen LogP contribution in [0.2, 0.25) is 0 Å². The van der Waals surface area contributed by atoms with Crippen molar-refractivity contribution >= 4 is 11.6 Å². The summed E-state index contributed by atoms with van der Waals surface area (Å²) >= 11 is 0. The Morgan fingerprint density at radius 2 is 2.04 bits per heavy atom. The fourth-order valence-corrected chi connectivity index (χ4v) is 3.33. The third-order valence-corrected chi connectivity index (χ3v) is 4.41. The zero-order chi connectivity index (χ0) is 20.3. The highest BCUT2D eigenvalue weighted by atomic mass is 19.4. The van der Waals surface area contributed by atoms with Crippen LogP contribution in [-0.2, 0) is 11.2 Å². The van der Waals surface area contributed by atoms with Crippen molar-refractivity contribution in [3.05, 3.63) is 59.8 Å². The van der Waals surface area contributed by atoms with E-state index in [1.54, 1.807) is 30.3 Å². The van der Waals surface area contributed by atoms with Crippen molar-refractivity contribution in [2.45, 2.75) is 39.1 Å². The largest absolute Gasteiger partial charge is 0.573 e. The lowest BCUT2D eigenvalue weighted by atomic mass is 9.93. The van der Waals surface area contributed by atoms with Gasteiger partial charge in [-0.3, -0.25) is 4.79 Å². The Hall–Kier alpha value is -2.96. The van der Waals surface area contributed by atoms with E-state index in [1.807, 2.05) is 13.1 Å². The fraction of sp³-hybridized carbons (Fsp3) is 0.286. The molecule has 2 aromatic rings. The maximum absolute atomic E-state index is 12.7. The lowest BCUT2D eigenvalue weighted by Crippen LogP contribution is -2.22. The minimum Gasteiger partial charge on any atom is -0.406 e. The quantitative estimate of drug-likeness (QED) is 0.754. The molecule has 1 atom stereocenters. The molecule has 1 aliphatic heterocycles. The summed E-state index contributed by atoms with van der Waals surface area (Å²) in [7, 11) is 0. The highest BCUT2D eigenvalue weighted by Gasteiger charge is 2.31. The maximum atomic E-state index is 12.7. The second-order valence-corrected chi connectivity index (χ2v) is 6.89. The second kappa shape index (κ2) is 7.96. The minimum atomic E-state index is -4.76. The molecule has 3 rings (SSSR count). The van der Waals surface area contributed by atoms with Crippen LogP contribution in [-0.4, -0.2) is 18.3 Å². The lowest BCUT2D eigenvalue weighted by Gasteiger charge is -2.18. The second-order valence-electron chi connectivity index (χ2n) is 6.89. The third kappa shape index (κ3) is 5.28. The molecule has 1 aliphatic rings. The molecule has 1 unspecified atom stereocenters. The Labute approximate surface area is 161 Å². The van der Waals surface area contributed by atoms with Gasteiger partial charge in [-0.2, -0.15) is 0 Å². The van der Waals surface area contributed by atoms with Crippen LogP contribution < -0.4 is 15.4 Å². The van der Waals surface area contributed by atoms with Crippen LogP contribution in [0.4, 0.5) is 18.9 Å². The highest BCUT2D eigenvalue weighted by molar-refractivity contribution is 5.89. The zero-order valence-corrected chi connectivity index (χ0v) is 15.6. The molecular formula is C21H21F3N2O2. The molecule has 0 aliphatic carbocycles. The van der Waals surface area contributed by atoms with Crippen LogP contribution >= 0.6 is 0 Å². The van der Waals surface area contributed by atoms with Crippen LogP contribution in [0.15, 0.2) is 54.2 Å². The molecule has 28 heavy (non-hydrogen) atoms. The van der Waals surface area contributed by atoms with Crippen LogP contribution in [0.5, 0.6) is 5.75 Å². The van der Waals surface area contributed by atoms with Gasteiger partial charge in [0, 0.05) is 18.7 Å². The van der Waals surface area contributed by atoms with Gasteiger partial charge in [-0.15, -0.1) is 13.2 Å². The van der Waals surface area contributed by atoms with E-state index < -0.39 is 6.36 Å². The summed E-state index contributed by atoms with van der Waals surface area (Å²) in [6.45, 7) is 3.43. The van der Waals surface area contributed by atoms with Crippen molar-refractivity contribution in [2.24, 2.45) is 0 Å². The van der Waals surface area contributed by atoms with Crippen molar-refractivity contribution in [1.82, 2.24) is 5.32 Å². The zero-order valence-electron chi connectivity index (χ0n) is 15.6. The molecule has 0 spiro atoms. The summed E-state index contributed by atoms with van der Waals surface area (Å²) in [5, 5.41) is 5.99. The van der Waals surface area contributed by atoms with E-state index in [-0.39, 0.29) is 17.7 Å². The van der Waals surface area contributed by atoms with Gasteiger partial charge in [-0.05, 0) is 66.9 Å². The standard InChI is InChI=1S/C21H21F3N2O2/c1-13-8-18(25-12-13)10-16-6-7-19(28-21(22,23)24)11-20(16)15-4-3-5-17(9-15)26-14(2)27/h3-7,9,11-12,18,25H,8,10H2,1-2H3,(H,26,27). The van der Waals surface area contributed by atoms with Gasteiger partial charge in [0.15, 0.2) is 0 Å². The van der Waals surface area contributed by atoms with Crippen LogP contribution in [0, 0.1) is 0 Å². The highest BCUT2D eigenvalue weighted by Crippen LogP contribution is 2.33. The van der Waals surface area contributed by atoms with Gasteiger partial charge in [0.05, 0.1) is 0 Å². The molecular weight excluding hydrogens is 369 g/mol. The van der Waals surface area contributed by atoms with Crippen LogP contribution in [0.1, 0.15) is 25.8 Å². The van der Waals surface area contributed by atoms with E-state index in [0.29, 0.717) is 23.2 Å². The van der Waals surface area contributed by atoms with E-state index in [4.69, 9.17) is 0 Å². The number of carbonyl (C=O) groups is 1. The van der Waals surface area contributed by atoms with Gasteiger partial charge in [0.2, 0.25) is 5.91 Å². The first-order valence-electron chi connectivity index (χ1n) is 8.88. The Bertz CT molecular complexity index is 907. The molecule has 0 aromatic heterocycles. The molecule has 7 heteroatoms. The van der Waals surface area contributed by atoms with E-state index in [9.17, 15) is 18.0 Å². The van der Waals surface area contributed by atoms with E-state index in [1.165, 1.54) is 24.6 Å². The summed E-state index contributed by atoms with van der Waals surface area (Å²) in [6, 6.07) is 11.6. The molecule has 148 valence electrons. The molecule has 2 aromatic carbocycles. The molecule has 4 nitrogen and oxygen atoms in total. The number of halogens is 3. The number of nitrogens with one attached hydrogen (secondary N) is 2. The predicted octanol–water partition coefficient (Wildman–Crippen LogP) is 5.02. The number of alkyl halides is 3. The summed E-state index contributed by atoms with van der Waals surface area (Å²) < 4.78 is 42.1. The summed E-state index contributed by atoms with van der Waals surface area (Å²) in [4.78, 5) is 11.3. The number of hydrogen-bond donors (Lipinski definition) is 2. The van der Waals surface area contributed by atoms with E-state index in [2.05, 4.69) is 15.4 Å². The lowest BCUT2D eigenvalue weighted by molar-refractivity contribution is -0.274. The van der Waals surface area contributed by atoms with Crippen molar-refractivity contribution < 1.29 is 22.7 Å². The molecule has 1 amide bonds. The predicted molar refractivity (Wildman–Crippen MR) is 102 cm³/mol. The molecule has 0 radical (unpaired) electrons. The topological polar surface area (TPSA) is 50.4 Å². The molecule has 2 N–H and O–H groups in total. The van der Waals surface area contributed by atoms with Crippen LogP contribution in [0.25, 0.3) is 11.1 Å². The van der Waals surface area contributed by atoms with Crippen molar-refractivity contribution in [3.8, 4) is 16.9 Å². The number of carbonyl (C=O) groups excluding carboxylic acids is 1. The maximum Gasteiger partial charge on any atom is 0.573 e. The summed E-state index contributed by atoms with van der Waals surface area (Å²) in [5.41, 5.74) is 4.05. The smallest absolute Gasteiger partial charge is 0.406 e. The first-order chi connectivity index (χ1) is 13.2. The number of amides is 1. The molecule has 0 bridgehead atoms. The van der Waals surface area contributed by atoms with E-state index >= 15 is 0 Å². The number of rotatable bonds is 5. The Kier molecular flexibility index (Phi) is 5.63. The Morgan fingerprint density at radius 3 is 2.68 bits per heavy atom. The van der Waals surface area contributed by atoms with Gasteiger partial charge < -0.3 is 15.4 Å². The Morgan fingerprint density at radius 1 is 1.25 bits per heavy atom. The van der Waals surface area contributed by atoms with Crippen molar-refractivity contribution in [1.29, 1.82) is 0 Å². The SMILES string of the molecule is CC(=O)Nc1cccc(-c2cc(OC(F)(F)F)ccc2CC2CC(C)=CN2)c1. The Balaban J connectivity index is 1.97. The monoisotopic (exact) mass is 390 g/mol. The van der Waals surface area contributed by atoms with Crippen molar-refractivity contribution in [3.63, 3.8) is 0 Å². The normalized spacial score (nSPS) is 16.3. The van der Waals surface area contributed by atoms with Crippen molar-refractivity contribution in [2.75, 3.05) is 5.32 Å². The van der Waals surface area contributed by atoms with Gasteiger partial charge in [-0.25, -0.2) is 0 Å². The number of benzene rings is 2. The van der Waals surface area contributed by atoms with Gasteiger partial charge >= 0.3 is 6.36 Å². The molecule has 0 saturated carbocycles. The minimum absolute atomic E-state index is 0.187. The molecule has 0 saturated heterocycles. The molecule has 0 fully saturated rings. The van der Waals surface area contributed by atoms with Crippen LogP contribution in [0.3, 0.4) is 0 Å². The van der Waals surface area contributed by atoms with Gasteiger partial charge in [0.25, 0.3) is 0 Å². The van der Waals surface area contributed by atoms with Gasteiger partial charge in [0.1, 0.15) is 5.75 Å². The van der Waals surface area contributed by atoms with Gasteiger partial charge in [-0.1, -0.05) is 23.8 Å². The number of ether oxygens (including phenoxy) is 1. The average Bonchev–Trinajstić information content (AvgIpc) is 2.99. The summed E-state index contributed by atoms with van der Waals surface area (Å²) in [5.74, 6) is -0.492. The fourth-order valence-electron chi connectivity index (χ4n) is 3.33. The first kappa shape index (κ1) is 19.8. The number of anilines is 1.